The summed E-state index contributed by atoms with van der Waals surface area (Å²) in [5.41, 5.74) is 6.69. The Morgan fingerprint density at radius 3 is 2.10 bits per heavy atom. The van der Waals surface area contributed by atoms with Crippen molar-refractivity contribution in [2.24, 2.45) is 10.2 Å². The molecule has 140 valence electrons. The molecule has 0 saturated carbocycles. The maximum absolute atomic E-state index is 4.83. The van der Waals surface area contributed by atoms with Gasteiger partial charge in [0.25, 0.3) is 0 Å². The van der Waals surface area contributed by atoms with E-state index < -0.39 is 0 Å². The Bertz CT molecular complexity index is 1280. The van der Waals surface area contributed by atoms with Crippen molar-refractivity contribution >= 4 is 17.2 Å². The molecule has 0 atom stereocenters. The Morgan fingerprint density at radius 1 is 0.759 bits per heavy atom. The van der Waals surface area contributed by atoms with E-state index >= 15 is 0 Å². The Kier molecular flexibility index (Phi) is 4.26. The predicted octanol–water partition coefficient (Wildman–Crippen LogP) is 6.72. The first-order valence-corrected chi connectivity index (χ1v) is 9.49. The number of azo groups is 1. The van der Waals surface area contributed by atoms with Crippen LogP contribution in [-0.4, -0.2) is 14.6 Å². The van der Waals surface area contributed by atoms with Gasteiger partial charge < -0.3 is 0 Å². The zero-order chi connectivity index (χ0) is 19.6. The highest BCUT2D eigenvalue weighted by atomic mass is 15.3. The second-order valence-corrected chi connectivity index (χ2v) is 6.92. The third-order valence-electron chi connectivity index (χ3n) is 4.81. The monoisotopic (exact) mass is 377 g/mol. The molecule has 0 amide bonds. The molecule has 0 saturated heterocycles. The van der Waals surface area contributed by atoms with E-state index in [4.69, 9.17) is 4.98 Å². The number of hydrogen-bond acceptors (Lipinski definition) is 3. The van der Waals surface area contributed by atoms with E-state index in [-0.39, 0.29) is 0 Å². The van der Waals surface area contributed by atoms with E-state index in [1.807, 2.05) is 83.4 Å². The zero-order valence-electron chi connectivity index (χ0n) is 15.9. The van der Waals surface area contributed by atoms with Gasteiger partial charge in [-0.2, -0.15) is 0 Å². The molecule has 0 unspecified atom stereocenters. The number of aryl methyl sites for hydroxylation is 1. The lowest BCUT2D eigenvalue weighted by molar-refractivity contribution is 0.957. The van der Waals surface area contributed by atoms with E-state index in [1.165, 1.54) is 5.56 Å². The lowest BCUT2D eigenvalue weighted by Gasteiger charge is -2.00. The minimum absolute atomic E-state index is 0.675. The van der Waals surface area contributed by atoms with Crippen LogP contribution in [0.3, 0.4) is 0 Å². The molecule has 0 aliphatic rings. The van der Waals surface area contributed by atoms with Crippen LogP contribution in [0.4, 0.5) is 11.5 Å². The molecule has 29 heavy (non-hydrogen) atoms. The minimum Gasteiger partial charge on any atom is -0.290 e. The fourth-order valence-corrected chi connectivity index (χ4v) is 3.28. The van der Waals surface area contributed by atoms with Crippen LogP contribution in [0, 0.1) is 6.92 Å². The van der Waals surface area contributed by atoms with Crippen LogP contribution in [0.5, 0.6) is 0 Å². The largest absolute Gasteiger partial charge is 0.290 e. The normalized spacial score (nSPS) is 11.5. The van der Waals surface area contributed by atoms with Gasteiger partial charge in [-0.3, -0.25) is 5.10 Å². The van der Waals surface area contributed by atoms with Crippen molar-refractivity contribution in [2.45, 2.75) is 6.92 Å². The van der Waals surface area contributed by atoms with Crippen molar-refractivity contribution < 1.29 is 0 Å². The summed E-state index contributed by atoms with van der Waals surface area (Å²) in [6.07, 6.45) is 0. The summed E-state index contributed by atoms with van der Waals surface area (Å²) in [5, 5.41) is 12.4. The quantitative estimate of drug-likeness (QED) is 0.347. The fraction of sp³-hybridized carbons (Fsp3) is 0.0417. The van der Waals surface area contributed by atoms with E-state index in [9.17, 15) is 0 Å². The summed E-state index contributed by atoms with van der Waals surface area (Å²) < 4.78 is 1.89. The zero-order valence-corrected chi connectivity index (χ0v) is 15.9. The smallest absolute Gasteiger partial charge is 0.202 e. The molecule has 0 aliphatic carbocycles. The molecule has 5 heteroatoms. The topological polar surface area (TPSA) is 57.8 Å². The summed E-state index contributed by atoms with van der Waals surface area (Å²) in [5.74, 6) is 0.675. The second-order valence-electron chi connectivity index (χ2n) is 6.92. The molecular formula is C24H19N5. The molecule has 0 bridgehead atoms. The Labute approximate surface area is 168 Å². The Hall–Kier alpha value is -3.99. The average molecular weight is 377 g/mol. The molecule has 0 radical (unpaired) electrons. The standard InChI is InChI=1S/C24H19N5/c1-17-12-14-20(15-13-17)26-27-24-23(19-10-6-3-7-11-19)25-22-16-21(28-29(22)24)18-8-4-2-5-9-18/h2-16,28H,1H3. The van der Waals surface area contributed by atoms with Crippen LogP contribution in [0.25, 0.3) is 28.2 Å². The number of nitrogens with zero attached hydrogens (tertiary/aromatic N) is 4. The van der Waals surface area contributed by atoms with E-state index in [1.54, 1.807) is 0 Å². The van der Waals surface area contributed by atoms with Crippen molar-refractivity contribution in [1.82, 2.24) is 14.6 Å². The van der Waals surface area contributed by atoms with Crippen LogP contribution in [0.1, 0.15) is 5.56 Å². The molecule has 5 rings (SSSR count). The molecule has 0 fully saturated rings. The van der Waals surface area contributed by atoms with Crippen molar-refractivity contribution in [2.75, 3.05) is 0 Å². The first kappa shape index (κ1) is 17.1. The summed E-state index contributed by atoms with van der Waals surface area (Å²) in [6, 6.07) is 30.2. The molecule has 0 aliphatic heterocycles. The predicted molar refractivity (Wildman–Crippen MR) is 116 cm³/mol. The highest BCUT2D eigenvalue weighted by molar-refractivity contribution is 5.76. The maximum Gasteiger partial charge on any atom is 0.202 e. The van der Waals surface area contributed by atoms with Gasteiger partial charge in [0.05, 0.1) is 11.4 Å². The van der Waals surface area contributed by atoms with Gasteiger partial charge in [-0.25, -0.2) is 9.50 Å². The van der Waals surface area contributed by atoms with Gasteiger partial charge >= 0.3 is 0 Å². The molecule has 0 spiro atoms. The van der Waals surface area contributed by atoms with Crippen LogP contribution in [0.2, 0.25) is 0 Å². The van der Waals surface area contributed by atoms with Gasteiger partial charge in [0.15, 0.2) is 5.65 Å². The average Bonchev–Trinajstić information content (AvgIpc) is 3.33. The van der Waals surface area contributed by atoms with Crippen molar-refractivity contribution in [3.63, 3.8) is 0 Å². The van der Waals surface area contributed by atoms with E-state index in [2.05, 4.69) is 34.4 Å². The van der Waals surface area contributed by atoms with Crippen LogP contribution >= 0.6 is 0 Å². The van der Waals surface area contributed by atoms with Crippen LogP contribution in [-0.2, 0) is 0 Å². The molecule has 1 N–H and O–H groups in total. The Morgan fingerprint density at radius 2 is 1.41 bits per heavy atom. The Balaban J connectivity index is 1.65. The van der Waals surface area contributed by atoms with Gasteiger partial charge in [-0.05, 0) is 24.6 Å². The van der Waals surface area contributed by atoms with Crippen molar-refractivity contribution in [3.05, 3.63) is 96.6 Å². The highest BCUT2D eigenvalue weighted by Gasteiger charge is 2.16. The first-order valence-electron chi connectivity index (χ1n) is 9.49. The minimum atomic E-state index is 0.675. The third kappa shape index (κ3) is 3.34. The SMILES string of the molecule is Cc1ccc(N=Nc2c(-c3ccccc3)nc3cc(-c4ccccc4)[nH]n23)cc1. The summed E-state index contributed by atoms with van der Waals surface area (Å²) in [7, 11) is 0. The van der Waals surface area contributed by atoms with Gasteiger partial charge in [-0.15, -0.1) is 10.2 Å². The summed E-state index contributed by atoms with van der Waals surface area (Å²) in [4.78, 5) is 4.83. The van der Waals surface area contributed by atoms with Gasteiger partial charge in [-0.1, -0.05) is 78.4 Å². The van der Waals surface area contributed by atoms with Gasteiger partial charge in [0.2, 0.25) is 5.82 Å². The van der Waals surface area contributed by atoms with Crippen molar-refractivity contribution in [3.8, 4) is 22.5 Å². The van der Waals surface area contributed by atoms with E-state index in [0.717, 1.165) is 33.8 Å². The number of benzene rings is 3. The van der Waals surface area contributed by atoms with Gasteiger partial charge in [0.1, 0.15) is 5.69 Å². The van der Waals surface area contributed by atoms with Crippen LogP contribution < -0.4 is 0 Å². The summed E-state index contributed by atoms with van der Waals surface area (Å²) in [6.45, 7) is 2.05. The van der Waals surface area contributed by atoms with Gasteiger partial charge in [0, 0.05) is 11.6 Å². The molecule has 3 aromatic carbocycles. The number of nitrogens with one attached hydrogen (secondary N) is 1. The number of rotatable bonds is 4. The fourth-order valence-electron chi connectivity index (χ4n) is 3.28. The summed E-state index contributed by atoms with van der Waals surface area (Å²) >= 11 is 0. The molecular weight excluding hydrogens is 358 g/mol. The molecule has 5 nitrogen and oxygen atoms in total. The number of aromatic amines is 1. The molecule has 5 aromatic rings. The maximum atomic E-state index is 4.83. The highest BCUT2D eigenvalue weighted by Crippen LogP contribution is 2.33. The molecule has 2 aromatic heterocycles. The number of hydrogen-bond donors (Lipinski definition) is 1. The number of fused-ring (bicyclic) bond motifs is 1. The van der Waals surface area contributed by atoms with Crippen molar-refractivity contribution in [1.29, 1.82) is 0 Å². The first-order chi connectivity index (χ1) is 14.3. The number of aromatic nitrogens is 3. The van der Waals surface area contributed by atoms with Crippen LogP contribution in [0.15, 0.2) is 101 Å². The molecule has 2 heterocycles. The number of imidazole rings is 1. The lowest BCUT2D eigenvalue weighted by atomic mass is 10.1. The second kappa shape index (κ2) is 7.20. The lowest BCUT2D eigenvalue weighted by Crippen LogP contribution is -1.85. The number of H-pyrrole nitrogens is 1. The third-order valence-corrected chi connectivity index (χ3v) is 4.81. The van der Waals surface area contributed by atoms with E-state index in [0.29, 0.717) is 5.82 Å².